The second kappa shape index (κ2) is 7.69. The third-order valence-corrected chi connectivity index (χ3v) is 5.50. The third-order valence-electron chi connectivity index (χ3n) is 5.50. The van der Waals surface area contributed by atoms with E-state index in [1.54, 1.807) is 19.1 Å². The van der Waals surface area contributed by atoms with Crippen LogP contribution in [0.5, 0.6) is 0 Å². The Morgan fingerprint density at radius 1 is 1.24 bits per heavy atom. The Kier molecular flexibility index (Phi) is 5.08. The lowest BCUT2D eigenvalue weighted by Gasteiger charge is -2.25. The van der Waals surface area contributed by atoms with E-state index in [1.807, 2.05) is 13.0 Å². The summed E-state index contributed by atoms with van der Waals surface area (Å²) in [6, 6.07) is 6.00. The highest BCUT2D eigenvalue weighted by Gasteiger charge is 2.20. The molecule has 0 aliphatic heterocycles. The minimum atomic E-state index is -0.763. The molecule has 152 valence electrons. The SMILES string of the molecule is CCOC(=O)c1cn(-c2ccc3c(c2)nc(C)n3C2CCCCC2)c(=O)[nH]c1=O. The Morgan fingerprint density at radius 2 is 2.00 bits per heavy atom. The van der Waals surface area contributed by atoms with Gasteiger partial charge in [0.1, 0.15) is 11.4 Å². The number of imidazole rings is 1. The van der Waals surface area contributed by atoms with E-state index >= 15 is 0 Å². The molecule has 0 spiro atoms. The summed E-state index contributed by atoms with van der Waals surface area (Å²) in [4.78, 5) is 43.3. The predicted molar refractivity (Wildman–Crippen MR) is 109 cm³/mol. The Bertz CT molecular complexity index is 1180. The standard InChI is InChI=1S/C21H24N4O4/c1-3-29-20(27)16-12-24(21(28)23-19(16)26)15-9-10-18-17(11-15)22-13(2)25(18)14-7-5-4-6-8-14/h9-12,14H,3-8H2,1-2H3,(H,23,26,28). The Labute approximate surface area is 167 Å². The minimum absolute atomic E-state index is 0.140. The summed E-state index contributed by atoms with van der Waals surface area (Å²) in [5.74, 6) is 0.186. The van der Waals surface area contributed by atoms with Gasteiger partial charge in [-0.25, -0.2) is 14.6 Å². The average molecular weight is 396 g/mol. The number of nitrogens with zero attached hydrogens (tertiary/aromatic N) is 3. The van der Waals surface area contributed by atoms with Crippen LogP contribution in [-0.2, 0) is 4.74 Å². The lowest BCUT2D eigenvalue weighted by Crippen LogP contribution is -2.33. The molecule has 0 bridgehead atoms. The fraction of sp³-hybridized carbons (Fsp3) is 0.429. The van der Waals surface area contributed by atoms with E-state index < -0.39 is 17.2 Å². The summed E-state index contributed by atoms with van der Waals surface area (Å²) in [6.07, 6.45) is 7.26. The van der Waals surface area contributed by atoms with Crippen molar-refractivity contribution in [2.45, 2.75) is 52.0 Å². The lowest BCUT2D eigenvalue weighted by molar-refractivity contribution is 0.0523. The second-order valence-corrected chi connectivity index (χ2v) is 7.39. The van der Waals surface area contributed by atoms with E-state index in [-0.39, 0.29) is 12.2 Å². The van der Waals surface area contributed by atoms with Gasteiger partial charge in [-0.05, 0) is 44.9 Å². The first kappa shape index (κ1) is 19.2. The van der Waals surface area contributed by atoms with Gasteiger partial charge in [-0.2, -0.15) is 0 Å². The molecule has 1 saturated carbocycles. The van der Waals surface area contributed by atoms with E-state index in [9.17, 15) is 14.4 Å². The number of carbonyl (C=O) groups excluding carboxylic acids is 1. The van der Waals surface area contributed by atoms with Crippen LogP contribution in [0.25, 0.3) is 16.7 Å². The number of hydrogen-bond donors (Lipinski definition) is 1. The number of aryl methyl sites for hydroxylation is 1. The van der Waals surface area contributed by atoms with Gasteiger partial charge in [0.2, 0.25) is 0 Å². The van der Waals surface area contributed by atoms with Crippen molar-refractivity contribution in [2.24, 2.45) is 0 Å². The van der Waals surface area contributed by atoms with Crippen molar-refractivity contribution in [3.05, 3.63) is 56.6 Å². The van der Waals surface area contributed by atoms with Crippen LogP contribution in [0.2, 0.25) is 0 Å². The summed E-state index contributed by atoms with van der Waals surface area (Å²) in [5.41, 5.74) is 0.740. The summed E-state index contributed by atoms with van der Waals surface area (Å²) < 4.78 is 8.43. The zero-order valence-corrected chi connectivity index (χ0v) is 16.6. The first-order valence-electron chi connectivity index (χ1n) is 10.0. The molecule has 0 radical (unpaired) electrons. The highest BCUT2D eigenvalue weighted by molar-refractivity contribution is 5.88. The topological polar surface area (TPSA) is 99.0 Å². The molecule has 0 unspecified atom stereocenters. The monoisotopic (exact) mass is 396 g/mol. The van der Waals surface area contributed by atoms with Gasteiger partial charge in [-0.15, -0.1) is 0 Å². The number of hydrogen-bond acceptors (Lipinski definition) is 5. The second-order valence-electron chi connectivity index (χ2n) is 7.39. The molecule has 1 aromatic carbocycles. The number of esters is 1. The van der Waals surface area contributed by atoms with E-state index in [0.717, 1.165) is 29.7 Å². The number of aromatic amines is 1. The fourth-order valence-corrected chi connectivity index (χ4v) is 4.17. The molecule has 2 aromatic heterocycles. The number of rotatable bonds is 4. The molecule has 8 nitrogen and oxygen atoms in total. The molecule has 2 heterocycles. The first-order valence-corrected chi connectivity index (χ1v) is 10.0. The van der Waals surface area contributed by atoms with Crippen molar-refractivity contribution < 1.29 is 9.53 Å². The minimum Gasteiger partial charge on any atom is -0.462 e. The maximum Gasteiger partial charge on any atom is 0.345 e. The van der Waals surface area contributed by atoms with Gasteiger partial charge < -0.3 is 9.30 Å². The van der Waals surface area contributed by atoms with Crippen molar-refractivity contribution >= 4 is 17.0 Å². The van der Waals surface area contributed by atoms with Crippen molar-refractivity contribution in [3.8, 4) is 5.69 Å². The molecule has 1 aliphatic carbocycles. The van der Waals surface area contributed by atoms with Gasteiger partial charge in [0.15, 0.2) is 0 Å². The smallest absolute Gasteiger partial charge is 0.345 e. The molecule has 8 heteroatoms. The third kappa shape index (κ3) is 3.50. The quantitative estimate of drug-likeness (QED) is 0.684. The maximum atomic E-state index is 12.4. The fourth-order valence-electron chi connectivity index (χ4n) is 4.17. The summed E-state index contributed by atoms with van der Waals surface area (Å²) in [7, 11) is 0. The largest absolute Gasteiger partial charge is 0.462 e. The van der Waals surface area contributed by atoms with Gasteiger partial charge in [0, 0.05) is 12.2 Å². The number of nitrogens with one attached hydrogen (secondary N) is 1. The molecular formula is C21H24N4O4. The van der Waals surface area contributed by atoms with Gasteiger partial charge in [0.25, 0.3) is 5.56 Å². The van der Waals surface area contributed by atoms with Crippen LogP contribution < -0.4 is 11.2 Å². The maximum absolute atomic E-state index is 12.4. The molecule has 1 aliphatic rings. The van der Waals surface area contributed by atoms with Crippen molar-refractivity contribution in [1.29, 1.82) is 0 Å². The number of H-pyrrole nitrogens is 1. The Balaban J connectivity index is 1.79. The van der Waals surface area contributed by atoms with Crippen LogP contribution in [0.15, 0.2) is 34.0 Å². The van der Waals surface area contributed by atoms with Gasteiger partial charge in [-0.1, -0.05) is 19.3 Å². The number of aromatic nitrogens is 4. The van der Waals surface area contributed by atoms with Gasteiger partial charge in [-0.3, -0.25) is 14.3 Å². The Morgan fingerprint density at radius 3 is 2.72 bits per heavy atom. The van der Waals surface area contributed by atoms with Gasteiger partial charge >= 0.3 is 11.7 Å². The summed E-state index contributed by atoms with van der Waals surface area (Å²) in [5, 5.41) is 0. The summed E-state index contributed by atoms with van der Waals surface area (Å²) >= 11 is 0. The van der Waals surface area contributed by atoms with E-state index in [0.29, 0.717) is 11.7 Å². The van der Waals surface area contributed by atoms with Crippen LogP contribution in [0.3, 0.4) is 0 Å². The molecule has 3 aromatic rings. The van der Waals surface area contributed by atoms with Crippen LogP contribution in [-0.4, -0.2) is 31.7 Å². The number of benzene rings is 1. The highest BCUT2D eigenvalue weighted by Crippen LogP contribution is 2.32. The van der Waals surface area contributed by atoms with Crippen molar-refractivity contribution in [3.63, 3.8) is 0 Å². The number of fused-ring (bicyclic) bond motifs is 1. The van der Waals surface area contributed by atoms with Crippen LogP contribution in [0.1, 0.15) is 61.3 Å². The average Bonchev–Trinajstić information content (AvgIpc) is 3.03. The summed E-state index contributed by atoms with van der Waals surface area (Å²) in [6.45, 7) is 3.79. The van der Waals surface area contributed by atoms with Crippen molar-refractivity contribution in [1.82, 2.24) is 19.1 Å². The van der Waals surface area contributed by atoms with Crippen LogP contribution >= 0.6 is 0 Å². The molecule has 1 N–H and O–H groups in total. The highest BCUT2D eigenvalue weighted by atomic mass is 16.5. The predicted octanol–water partition coefficient (Wildman–Crippen LogP) is 2.87. The normalized spacial score (nSPS) is 15.0. The van der Waals surface area contributed by atoms with Crippen LogP contribution in [0.4, 0.5) is 0 Å². The zero-order valence-electron chi connectivity index (χ0n) is 16.6. The first-order chi connectivity index (χ1) is 14.0. The van der Waals surface area contributed by atoms with Crippen molar-refractivity contribution in [2.75, 3.05) is 6.61 Å². The van der Waals surface area contributed by atoms with E-state index in [1.165, 1.54) is 30.0 Å². The zero-order chi connectivity index (χ0) is 20.5. The lowest BCUT2D eigenvalue weighted by atomic mass is 9.95. The molecule has 29 heavy (non-hydrogen) atoms. The number of carbonyl (C=O) groups is 1. The molecule has 0 saturated heterocycles. The molecule has 0 atom stereocenters. The van der Waals surface area contributed by atoms with Crippen LogP contribution in [0, 0.1) is 6.92 Å². The molecular weight excluding hydrogens is 372 g/mol. The number of ether oxygens (including phenoxy) is 1. The van der Waals surface area contributed by atoms with Gasteiger partial charge in [0.05, 0.1) is 23.3 Å². The van der Waals surface area contributed by atoms with E-state index in [4.69, 9.17) is 9.72 Å². The molecule has 4 rings (SSSR count). The molecule has 1 fully saturated rings. The van der Waals surface area contributed by atoms with E-state index in [2.05, 4.69) is 9.55 Å². The Hall–Kier alpha value is -3.16. The molecule has 0 amide bonds.